The van der Waals surface area contributed by atoms with Gasteiger partial charge in [-0.1, -0.05) is 29.3 Å². The Morgan fingerprint density at radius 2 is 1.81 bits per heavy atom. The van der Waals surface area contributed by atoms with Gasteiger partial charge in [0.05, 0.1) is 22.8 Å². The number of imide groups is 2. The molecule has 2 N–H and O–H groups in total. The Morgan fingerprint density at radius 3 is 2.44 bits per heavy atom. The van der Waals surface area contributed by atoms with Gasteiger partial charge in [0.15, 0.2) is 17.6 Å². The van der Waals surface area contributed by atoms with Crippen LogP contribution in [-0.2, 0) is 14.4 Å². The Bertz CT molecular complexity index is 1160. The predicted octanol–water partition coefficient (Wildman–Crippen LogP) is 3.52. The van der Waals surface area contributed by atoms with Crippen molar-refractivity contribution in [3.63, 3.8) is 0 Å². The number of hydrogen-bond acceptors (Lipinski definition) is 6. The second kappa shape index (κ2) is 9.29. The summed E-state index contributed by atoms with van der Waals surface area (Å²) in [5, 5.41) is 11.5. The van der Waals surface area contributed by atoms with Crippen molar-refractivity contribution < 1.29 is 33.8 Å². The molecule has 0 saturated carbocycles. The maximum absolute atomic E-state index is 13.0. The van der Waals surface area contributed by atoms with Gasteiger partial charge in [-0.2, -0.15) is 0 Å². The first-order chi connectivity index (χ1) is 15.1. The summed E-state index contributed by atoms with van der Waals surface area (Å²) in [6.45, 7) is 1.36. The van der Waals surface area contributed by atoms with Crippen LogP contribution in [0, 0.1) is 0 Å². The molecule has 1 aliphatic rings. The van der Waals surface area contributed by atoms with Crippen LogP contribution >= 0.6 is 23.2 Å². The highest BCUT2D eigenvalue weighted by Gasteiger charge is 2.37. The summed E-state index contributed by atoms with van der Waals surface area (Å²) in [5.74, 6) is -2.55. The van der Waals surface area contributed by atoms with Gasteiger partial charge in [-0.05, 0) is 48.9 Å². The van der Waals surface area contributed by atoms with Crippen LogP contribution < -0.4 is 19.7 Å². The van der Waals surface area contributed by atoms with E-state index >= 15 is 0 Å². The molecule has 2 aromatic carbocycles. The molecule has 3 rings (SSSR count). The Kier molecular flexibility index (Phi) is 6.71. The lowest BCUT2D eigenvalue weighted by molar-refractivity contribution is -0.144. The number of aliphatic carboxylic acids is 1. The topological polar surface area (TPSA) is 122 Å². The number of nitrogens with one attached hydrogen (secondary N) is 1. The molecule has 4 amide bonds. The average molecular weight is 479 g/mol. The zero-order valence-corrected chi connectivity index (χ0v) is 18.2. The molecule has 2 aromatic rings. The van der Waals surface area contributed by atoms with E-state index in [9.17, 15) is 19.2 Å². The zero-order chi connectivity index (χ0) is 23.6. The molecule has 0 aliphatic carbocycles. The molecule has 166 valence electrons. The minimum atomic E-state index is -1.16. The highest BCUT2D eigenvalue weighted by Crippen LogP contribution is 2.32. The minimum absolute atomic E-state index is 0.128. The fourth-order valence-corrected chi connectivity index (χ4v) is 3.09. The molecule has 1 atom stereocenters. The quantitative estimate of drug-likeness (QED) is 0.480. The number of barbiturate groups is 1. The van der Waals surface area contributed by atoms with Gasteiger partial charge < -0.3 is 14.6 Å². The first kappa shape index (κ1) is 23.1. The van der Waals surface area contributed by atoms with Gasteiger partial charge in [0, 0.05) is 0 Å². The molecule has 9 nitrogen and oxygen atoms in total. The average Bonchev–Trinajstić information content (AvgIpc) is 2.74. The Labute approximate surface area is 192 Å². The van der Waals surface area contributed by atoms with E-state index in [1.807, 2.05) is 0 Å². The summed E-state index contributed by atoms with van der Waals surface area (Å²) in [6, 6.07) is 7.63. The number of carbonyl (C=O) groups excluding carboxylic acids is 3. The van der Waals surface area contributed by atoms with Crippen molar-refractivity contribution in [2.75, 3.05) is 12.0 Å². The van der Waals surface area contributed by atoms with E-state index in [4.69, 9.17) is 37.8 Å². The van der Waals surface area contributed by atoms with Gasteiger partial charge in [-0.3, -0.25) is 14.9 Å². The molecule has 1 fully saturated rings. The normalized spacial score (nSPS) is 16.1. The molecule has 0 radical (unpaired) electrons. The summed E-state index contributed by atoms with van der Waals surface area (Å²) in [7, 11) is 1.35. The van der Waals surface area contributed by atoms with Crippen molar-refractivity contribution >= 4 is 58.8 Å². The second-order valence-electron chi connectivity index (χ2n) is 6.56. The standard InChI is InChI=1S/C21H16Cl2N2O7/c1-10(20(28)29)32-16-6-3-11(8-17(16)31-2)7-13-18(26)24-21(30)25(19(13)27)12-4-5-14(22)15(23)9-12/h3-10H,1-2H3,(H,28,29)(H,24,26,30)/b13-7+/t10-/m1/s1. The number of amides is 4. The number of ether oxygens (including phenoxy) is 2. The number of halogens is 2. The number of carbonyl (C=O) groups is 4. The molecule has 0 bridgehead atoms. The maximum atomic E-state index is 13.0. The van der Waals surface area contributed by atoms with Crippen LogP contribution in [0.4, 0.5) is 10.5 Å². The lowest BCUT2D eigenvalue weighted by Crippen LogP contribution is -2.54. The Balaban J connectivity index is 1.96. The highest BCUT2D eigenvalue weighted by molar-refractivity contribution is 6.43. The molecule has 11 heteroatoms. The van der Waals surface area contributed by atoms with Crippen LogP contribution in [0.2, 0.25) is 10.0 Å². The van der Waals surface area contributed by atoms with E-state index in [2.05, 4.69) is 5.32 Å². The van der Waals surface area contributed by atoms with E-state index in [-0.39, 0.29) is 32.8 Å². The summed E-state index contributed by atoms with van der Waals surface area (Å²) >= 11 is 11.9. The number of rotatable bonds is 6. The van der Waals surface area contributed by atoms with Gasteiger partial charge in [0.1, 0.15) is 5.57 Å². The van der Waals surface area contributed by atoms with Crippen LogP contribution in [-0.4, -0.2) is 42.1 Å². The van der Waals surface area contributed by atoms with E-state index < -0.39 is 29.9 Å². The van der Waals surface area contributed by atoms with Crippen LogP contribution in [0.1, 0.15) is 12.5 Å². The molecular formula is C21H16Cl2N2O7. The number of methoxy groups -OCH3 is 1. The molecule has 0 unspecified atom stereocenters. The SMILES string of the molecule is COc1cc(/C=C2\C(=O)NC(=O)N(c3ccc(Cl)c(Cl)c3)C2=O)ccc1O[C@H](C)C(=O)O. The van der Waals surface area contributed by atoms with Crippen LogP contribution in [0.3, 0.4) is 0 Å². The number of carboxylic acid groups (broad SMARTS) is 1. The molecular weight excluding hydrogens is 463 g/mol. The van der Waals surface area contributed by atoms with Crippen molar-refractivity contribution in [2.24, 2.45) is 0 Å². The highest BCUT2D eigenvalue weighted by atomic mass is 35.5. The first-order valence-electron chi connectivity index (χ1n) is 9.06. The van der Waals surface area contributed by atoms with Crippen LogP contribution in [0.15, 0.2) is 42.0 Å². The largest absolute Gasteiger partial charge is 0.493 e. The van der Waals surface area contributed by atoms with Crippen molar-refractivity contribution in [3.05, 3.63) is 57.6 Å². The van der Waals surface area contributed by atoms with E-state index in [1.54, 1.807) is 0 Å². The number of hydrogen-bond donors (Lipinski definition) is 2. The number of anilines is 1. The van der Waals surface area contributed by atoms with E-state index in [1.165, 1.54) is 56.5 Å². The number of nitrogens with zero attached hydrogens (tertiary/aromatic N) is 1. The lowest BCUT2D eigenvalue weighted by Gasteiger charge is -2.26. The predicted molar refractivity (Wildman–Crippen MR) is 116 cm³/mol. The third-order valence-electron chi connectivity index (χ3n) is 4.41. The van der Waals surface area contributed by atoms with Crippen molar-refractivity contribution in [1.82, 2.24) is 5.32 Å². The van der Waals surface area contributed by atoms with Gasteiger partial charge in [-0.25, -0.2) is 14.5 Å². The summed E-state index contributed by atoms with van der Waals surface area (Å²) in [5.41, 5.74) is 0.189. The maximum Gasteiger partial charge on any atom is 0.344 e. The monoisotopic (exact) mass is 478 g/mol. The number of carboxylic acids is 1. The van der Waals surface area contributed by atoms with Crippen LogP contribution in [0.5, 0.6) is 11.5 Å². The minimum Gasteiger partial charge on any atom is -0.493 e. The molecule has 0 aromatic heterocycles. The van der Waals surface area contributed by atoms with Crippen molar-refractivity contribution in [3.8, 4) is 11.5 Å². The second-order valence-corrected chi connectivity index (χ2v) is 7.38. The molecule has 0 spiro atoms. The zero-order valence-electron chi connectivity index (χ0n) is 16.7. The lowest BCUT2D eigenvalue weighted by atomic mass is 10.1. The van der Waals surface area contributed by atoms with E-state index in [0.29, 0.717) is 5.56 Å². The van der Waals surface area contributed by atoms with Gasteiger partial charge >= 0.3 is 12.0 Å². The van der Waals surface area contributed by atoms with Crippen molar-refractivity contribution in [1.29, 1.82) is 0 Å². The molecule has 1 heterocycles. The smallest absolute Gasteiger partial charge is 0.344 e. The van der Waals surface area contributed by atoms with Gasteiger partial charge in [-0.15, -0.1) is 0 Å². The summed E-state index contributed by atoms with van der Waals surface area (Å²) < 4.78 is 10.5. The molecule has 32 heavy (non-hydrogen) atoms. The third-order valence-corrected chi connectivity index (χ3v) is 5.15. The van der Waals surface area contributed by atoms with Gasteiger partial charge in [0.25, 0.3) is 11.8 Å². The number of benzene rings is 2. The van der Waals surface area contributed by atoms with Gasteiger partial charge in [0.2, 0.25) is 0 Å². The first-order valence-corrected chi connectivity index (χ1v) is 9.82. The molecule has 1 saturated heterocycles. The van der Waals surface area contributed by atoms with E-state index in [0.717, 1.165) is 4.90 Å². The van der Waals surface area contributed by atoms with Crippen LogP contribution in [0.25, 0.3) is 6.08 Å². The number of urea groups is 1. The summed E-state index contributed by atoms with van der Waals surface area (Å²) in [6.07, 6.45) is 0.145. The summed E-state index contributed by atoms with van der Waals surface area (Å²) in [4.78, 5) is 49.4. The Morgan fingerprint density at radius 1 is 1.09 bits per heavy atom. The fraction of sp³-hybridized carbons (Fsp3) is 0.143. The molecule has 1 aliphatic heterocycles. The third kappa shape index (κ3) is 4.68. The fourth-order valence-electron chi connectivity index (χ4n) is 2.79. The van der Waals surface area contributed by atoms with Crippen molar-refractivity contribution in [2.45, 2.75) is 13.0 Å². The Hall–Kier alpha value is -3.56.